The molecule has 0 atom stereocenters. The van der Waals surface area contributed by atoms with Crippen molar-refractivity contribution in [1.29, 1.82) is 0 Å². The molecule has 1 heterocycles. The molecule has 0 aromatic carbocycles. The van der Waals surface area contributed by atoms with E-state index in [0.717, 1.165) is 5.16 Å². The summed E-state index contributed by atoms with van der Waals surface area (Å²) in [5.41, 5.74) is 0. The molecule has 7 heteroatoms. The summed E-state index contributed by atoms with van der Waals surface area (Å²) in [4.78, 5) is 13.8. The topological polar surface area (TPSA) is 62.7 Å². The molecular formula is C16H33N5SSn. The number of hydrogen-bond acceptors (Lipinski definition) is 6. The van der Waals surface area contributed by atoms with Crippen LogP contribution in [0.5, 0.6) is 0 Å². The standard InChI is InChI=1S/C7H13N5S.3C3H7.Sn/c1-4(2)9-6-10-5(8-3)11-7(13)12-6;3*1-3-2;/h4H,1-3H3,(H3,8,9,10,11,12,13);3*1,3H2,2H3;/q;;;;+1/p-1. The van der Waals surface area contributed by atoms with Crippen LogP contribution in [0, 0.1) is 0 Å². The van der Waals surface area contributed by atoms with Crippen molar-refractivity contribution >= 4 is 37.8 Å². The second-order valence-electron chi connectivity index (χ2n) is 6.35. The first kappa shape index (κ1) is 20.8. The molecule has 0 aliphatic carbocycles. The Morgan fingerprint density at radius 3 is 1.87 bits per heavy atom. The molecule has 0 saturated heterocycles. The van der Waals surface area contributed by atoms with Gasteiger partial charge in [-0.15, -0.1) is 0 Å². The van der Waals surface area contributed by atoms with E-state index in [9.17, 15) is 0 Å². The first-order valence-corrected chi connectivity index (χ1v) is 19.2. The normalized spacial score (nSPS) is 11.8. The Kier molecular flexibility index (Phi) is 9.58. The van der Waals surface area contributed by atoms with E-state index < -0.39 is 17.0 Å². The first-order valence-electron chi connectivity index (χ1n) is 8.88. The van der Waals surface area contributed by atoms with E-state index in [4.69, 9.17) is 4.98 Å². The van der Waals surface area contributed by atoms with Gasteiger partial charge in [-0.25, -0.2) is 0 Å². The summed E-state index contributed by atoms with van der Waals surface area (Å²) in [5.74, 6) is 1.35. The van der Waals surface area contributed by atoms with E-state index in [1.54, 1.807) is 0 Å². The molecule has 2 N–H and O–H groups in total. The average Bonchev–Trinajstić information content (AvgIpc) is 2.47. The Morgan fingerprint density at radius 2 is 1.43 bits per heavy atom. The summed E-state index contributed by atoms with van der Waals surface area (Å²) in [7, 11) is 3.91. The van der Waals surface area contributed by atoms with Gasteiger partial charge in [0.1, 0.15) is 0 Å². The number of nitrogens with zero attached hydrogens (tertiary/aromatic N) is 3. The van der Waals surface area contributed by atoms with Crippen molar-refractivity contribution < 1.29 is 0 Å². The van der Waals surface area contributed by atoms with Gasteiger partial charge in [0.25, 0.3) is 0 Å². The van der Waals surface area contributed by atoms with E-state index in [2.05, 4.69) is 55.2 Å². The van der Waals surface area contributed by atoms with Crippen molar-refractivity contribution in [3.05, 3.63) is 0 Å². The molecule has 0 saturated carbocycles. The monoisotopic (exact) mass is 447 g/mol. The molecular weight excluding hydrogens is 413 g/mol. The van der Waals surface area contributed by atoms with Crippen LogP contribution < -0.4 is 10.6 Å². The second-order valence-corrected chi connectivity index (χ2v) is 25.5. The van der Waals surface area contributed by atoms with Crippen LogP contribution in [0.1, 0.15) is 53.9 Å². The molecule has 0 radical (unpaired) electrons. The summed E-state index contributed by atoms with van der Waals surface area (Å²) in [6.45, 7) is 11.1. The zero-order chi connectivity index (χ0) is 17.3. The molecule has 0 aliphatic heterocycles. The van der Waals surface area contributed by atoms with Gasteiger partial charge in [0.15, 0.2) is 0 Å². The van der Waals surface area contributed by atoms with Gasteiger partial charge in [-0.2, -0.15) is 0 Å². The molecule has 0 unspecified atom stereocenters. The van der Waals surface area contributed by atoms with E-state index in [0.29, 0.717) is 17.9 Å². The van der Waals surface area contributed by atoms with E-state index in [1.807, 2.05) is 16.0 Å². The number of anilines is 2. The zero-order valence-corrected chi connectivity index (χ0v) is 19.2. The average molecular weight is 446 g/mol. The molecule has 0 amide bonds. The predicted octanol–water partition coefficient (Wildman–Crippen LogP) is 5.00. The second kappa shape index (κ2) is 10.6. The summed E-state index contributed by atoms with van der Waals surface area (Å²) in [6.07, 6.45) is 3.85. The molecule has 5 nitrogen and oxygen atoms in total. The van der Waals surface area contributed by atoms with Gasteiger partial charge < -0.3 is 0 Å². The van der Waals surface area contributed by atoms with Crippen LogP contribution >= 0.6 is 8.95 Å². The first-order chi connectivity index (χ1) is 11.0. The van der Waals surface area contributed by atoms with Gasteiger partial charge in [-0.1, -0.05) is 0 Å². The molecule has 132 valence electrons. The van der Waals surface area contributed by atoms with Crippen LogP contribution in [0.4, 0.5) is 11.9 Å². The molecule has 0 spiro atoms. The van der Waals surface area contributed by atoms with Crippen LogP contribution in [-0.4, -0.2) is 45.0 Å². The molecule has 23 heavy (non-hydrogen) atoms. The van der Waals surface area contributed by atoms with Crippen LogP contribution in [-0.2, 0) is 0 Å². The Morgan fingerprint density at radius 1 is 0.913 bits per heavy atom. The summed E-state index contributed by atoms with van der Waals surface area (Å²) in [6, 6.07) is 0.315. The zero-order valence-electron chi connectivity index (χ0n) is 15.6. The third-order valence-electron chi connectivity index (χ3n) is 3.68. The quantitative estimate of drug-likeness (QED) is 0.467. The van der Waals surface area contributed by atoms with Crippen molar-refractivity contribution in [2.45, 2.75) is 78.4 Å². The molecule has 1 rings (SSSR count). The van der Waals surface area contributed by atoms with E-state index >= 15 is 0 Å². The van der Waals surface area contributed by atoms with Crippen LogP contribution in [0.25, 0.3) is 0 Å². The Labute approximate surface area is 148 Å². The van der Waals surface area contributed by atoms with Crippen molar-refractivity contribution in [3.8, 4) is 0 Å². The number of nitrogens with one attached hydrogen (secondary N) is 2. The third kappa shape index (κ3) is 7.03. The number of aromatic nitrogens is 3. The molecule has 0 bridgehead atoms. The Hall–Kier alpha value is -0.241. The summed E-state index contributed by atoms with van der Waals surface area (Å²) < 4.78 is 4.23. The van der Waals surface area contributed by atoms with Gasteiger partial charge in [0, 0.05) is 0 Å². The Bertz CT molecular complexity index is 453. The molecule has 0 fully saturated rings. The maximum atomic E-state index is 4.70. The fraction of sp³-hybridized carbons (Fsp3) is 0.812. The van der Waals surface area contributed by atoms with Gasteiger partial charge in [-0.3, -0.25) is 0 Å². The SMILES string of the molecule is CC[CH2][Sn]([CH2]CC)([CH2]CC)[S]c1nc(NC)nc(NC(C)C)n1. The minimum atomic E-state index is -2.28. The fourth-order valence-electron chi connectivity index (χ4n) is 2.93. The van der Waals surface area contributed by atoms with E-state index in [-0.39, 0.29) is 0 Å². The maximum absolute atomic E-state index is 4.70. The van der Waals surface area contributed by atoms with Crippen LogP contribution in [0.2, 0.25) is 13.3 Å². The van der Waals surface area contributed by atoms with Crippen molar-refractivity contribution in [1.82, 2.24) is 15.0 Å². The van der Waals surface area contributed by atoms with Gasteiger partial charge in [-0.05, 0) is 0 Å². The third-order valence-corrected chi connectivity index (χ3v) is 25.9. The van der Waals surface area contributed by atoms with Crippen molar-refractivity contribution in [2.24, 2.45) is 0 Å². The number of rotatable bonds is 11. The van der Waals surface area contributed by atoms with Gasteiger partial charge in [0.05, 0.1) is 0 Å². The Balaban J connectivity index is 3.09. The number of hydrogen-bond donors (Lipinski definition) is 2. The van der Waals surface area contributed by atoms with E-state index in [1.165, 1.54) is 32.6 Å². The van der Waals surface area contributed by atoms with Crippen molar-refractivity contribution in [3.63, 3.8) is 0 Å². The van der Waals surface area contributed by atoms with Gasteiger partial charge in [0.2, 0.25) is 0 Å². The molecule has 1 aromatic heterocycles. The summed E-state index contributed by atoms with van der Waals surface area (Å²) in [5, 5.41) is 7.30. The minimum absolute atomic E-state index is 0.315. The van der Waals surface area contributed by atoms with Crippen LogP contribution in [0.3, 0.4) is 0 Å². The molecule has 0 aliphatic rings. The molecule has 1 aromatic rings. The fourth-order valence-corrected chi connectivity index (χ4v) is 24.7. The summed E-state index contributed by atoms with van der Waals surface area (Å²) >= 11 is -2.28. The predicted molar refractivity (Wildman–Crippen MR) is 105 cm³/mol. The van der Waals surface area contributed by atoms with Crippen LogP contribution in [0.15, 0.2) is 5.16 Å². The van der Waals surface area contributed by atoms with Gasteiger partial charge >= 0.3 is 149 Å². The van der Waals surface area contributed by atoms with Crippen molar-refractivity contribution in [2.75, 3.05) is 17.7 Å².